The van der Waals surface area contributed by atoms with Crippen molar-refractivity contribution in [3.05, 3.63) is 53.4 Å². The highest BCUT2D eigenvalue weighted by Gasteiger charge is 2.66. The van der Waals surface area contributed by atoms with E-state index in [9.17, 15) is 0 Å². The summed E-state index contributed by atoms with van der Waals surface area (Å²) in [6.07, 6.45) is 9.27. The van der Waals surface area contributed by atoms with Crippen molar-refractivity contribution < 1.29 is 4.42 Å². The number of hydrogen-bond donors (Lipinski definition) is 0. The maximum Gasteiger partial charge on any atom is 0.152 e. The largest absolute Gasteiger partial charge is 0.457 e. The van der Waals surface area contributed by atoms with Crippen molar-refractivity contribution >= 4 is 16.8 Å². The van der Waals surface area contributed by atoms with Crippen LogP contribution < -0.4 is 4.90 Å². The Bertz CT molecular complexity index is 1110. The molecule has 1 spiro atoms. The first kappa shape index (κ1) is 16.6. The van der Waals surface area contributed by atoms with Crippen molar-refractivity contribution in [1.82, 2.24) is 4.57 Å². The summed E-state index contributed by atoms with van der Waals surface area (Å²) < 4.78 is 8.92. The zero-order valence-electron chi connectivity index (χ0n) is 17.7. The van der Waals surface area contributed by atoms with Crippen LogP contribution in [0.5, 0.6) is 0 Å². The number of nitrogens with zero attached hydrogens (tertiary/aromatic N) is 2. The zero-order valence-corrected chi connectivity index (χ0v) is 17.7. The van der Waals surface area contributed by atoms with E-state index in [-0.39, 0.29) is 11.6 Å². The number of aryl methyl sites for hydroxylation is 2. The molecule has 1 unspecified atom stereocenters. The highest BCUT2D eigenvalue weighted by molar-refractivity contribution is 5.84. The summed E-state index contributed by atoms with van der Waals surface area (Å²) in [5.74, 6) is 4.64. The molecule has 150 valence electrons. The first-order chi connectivity index (χ1) is 14.1. The third-order valence-corrected chi connectivity index (χ3v) is 9.06. The molecular formula is C26H30N2O. The molecule has 3 heterocycles. The summed E-state index contributed by atoms with van der Waals surface area (Å²) in [6, 6.07) is 11.5. The van der Waals surface area contributed by atoms with E-state index in [1.165, 1.54) is 54.6 Å². The lowest BCUT2D eigenvalue weighted by atomic mass is 9.47. The molecule has 4 fully saturated rings. The SMILES string of the molecule is Cc1ccccc1N1C(C)c2oc3ccn(C)c3c2C12C1CC3CC(C1)CC2C3. The Morgan fingerprint density at radius 2 is 1.66 bits per heavy atom. The summed E-state index contributed by atoms with van der Waals surface area (Å²) in [4.78, 5) is 2.83. The number of anilines is 1. The standard InChI is InChI=1S/C26H30N2O/c1-15-6-4-5-7-21(15)28-16(2)25-23(24-22(29-25)8-9-27(24)3)26(28)19-11-17-10-18(13-19)14-20(26)12-17/h4-9,16-20H,10-14H2,1-3H3. The highest BCUT2D eigenvalue weighted by atomic mass is 16.3. The van der Waals surface area contributed by atoms with Gasteiger partial charge in [0.15, 0.2) is 5.58 Å². The van der Waals surface area contributed by atoms with Crippen LogP contribution in [-0.4, -0.2) is 4.57 Å². The van der Waals surface area contributed by atoms with Gasteiger partial charge in [-0.3, -0.25) is 0 Å². The Balaban J connectivity index is 1.56. The van der Waals surface area contributed by atoms with Gasteiger partial charge in [0.25, 0.3) is 0 Å². The Morgan fingerprint density at radius 1 is 0.966 bits per heavy atom. The summed E-state index contributed by atoms with van der Waals surface area (Å²) in [6.45, 7) is 4.66. The van der Waals surface area contributed by atoms with Crippen LogP contribution in [0, 0.1) is 30.6 Å². The minimum Gasteiger partial charge on any atom is -0.457 e. The maximum atomic E-state index is 6.60. The minimum atomic E-state index is 0.103. The number of benzene rings is 1. The van der Waals surface area contributed by atoms with E-state index in [0.717, 1.165) is 29.3 Å². The van der Waals surface area contributed by atoms with Gasteiger partial charge in [0, 0.05) is 24.5 Å². The molecule has 2 aromatic heterocycles. The highest BCUT2D eigenvalue weighted by Crippen LogP contribution is 2.70. The van der Waals surface area contributed by atoms with Crippen LogP contribution in [0.4, 0.5) is 5.69 Å². The number of fused-ring (bicyclic) bond motifs is 3. The summed E-state index contributed by atoms with van der Waals surface area (Å²) in [7, 11) is 2.20. The topological polar surface area (TPSA) is 21.3 Å². The van der Waals surface area contributed by atoms with E-state index in [0.29, 0.717) is 0 Å². The van der Waals surface area contributed by atoms with Gasteiger partial charge in [-0.2, -0.15) is 0 Å². The van der Waals surface area contributed by atoms with Gasteiger partial charge in [-0.05, 0) is 87.3 Å². The lowest BCUT2D eigenvalue weighted by molar-refractivity contribution is -0.0597. The fourth-order valence-electron chi connectivity index (χ4n) is 8.36. The molecule has 3 aromatic rings. The molecule has 4 saturated carbocycles. The quantitative estimate of drug-likeness (QED) is 0.488. The summed E-state index contributed by atoms with van der Waals surface area (Å²) in [5, 5.41) is 0. The molecule has 29 heavy (non-hydrogen) atoms. The fourth-order valence-corrected chi connectivity index (χ4v) is 8.36. The zero-order chi connectivity index (χ0) is 19.5. The maximum absolute atomic E-state index is 6.60. The normalized spacial score (nSPS) is 37.2. The molecule has 4 bridgehead atoms. The van der Waals surface area contributed by atoms with Crippen molar-refractivity contribution in [2.75, 3.05) is 4.90 Å². The number of para-hydroxylation sites is 1. The van der Waals surface area contributed by atoms with Gasteiger partial charge in [0.2, 0.25) is 0 Å². The Kier molecular flexibility index (Phi) is 3.04. The molecule has 4 aliphatic carbocycles. The fraction of sp³-hybridized carbons (Fsp3) is 0.538. The molecule has 8 rings (SSSR count). The average molecular weight is 387 g/mol. The Morgan fingerprint density at radius 3 is 2.34 bits per heavy atom. The van der Waals surface area contributed by atoms with Gasteiger partial charge >= 0.3 is 0 Å². The molecule has 0 saturated heterocycles. The van der Waals surface area contributed by atoms with Crippen LogP contribution in [0.2, 0.25) is 0 Å². The minimum absolute atomic E-state index is 0.103. The predicted molar refractivity (Wildman–Crippen MR) is 116 cm³/mol. The van der Waals surface area contributed by atoms with Crippen LogP contribution >= 0.6 is 0 Å². The van der Waals surface area contributed by atoms with Crippen LogP contribution in [-0.2, 0) is 12.6 Å². The summed E-state index contributed by atoms with van der Waals surface area (Å²) >= 11 is 0. The van der Waals surface area contributed by atoms with Crippen LogP contribution in [0.3, 0.4) is 0 Å². The van der Waals surface area contributed by atoms with Crippen LogP contribution in [0.1, 0.15) is 62.0 Å². The summed E-state index contributed by atoms with van der Waals surface area (Å²) in [5.41, 5.74) is 6.90. The van der Waals surface area contributed by atoms with Gasteiger partial charge in [-0.25, -0.2) is 0 Å². The van der Waals surface area contributed by atoms with Crippen LogP contribution in [0.15, 0.2) is 40.9 Å². The first-order valence-electron chi connectivity index (χ1n) is 11.5. The number of aromatic nitrogens is 1. The second-order valence-corrected chi connectivity index (χ2v) is 10.4. The van der Waals surface area contributed by atoms with Crippen molar-refractivity contribution in [3.63, 3.8) is 0 Å². The van der Waals surface area contributed by atoms with Crippen molar-refractivity contribution in [1.29, 1.82) is 0 Å². The van der Waals surface area contributed by atoms with Crippen LogP contribution in [0.25, 0.3) is 11.1 Å². The molecule has 1 aromatic carbocycles. The lowest BCUT2D eigenvalue weighted by Gasteiger charge is -2.63. The van der Waals surface area contributed by atoms with E-state index < -0.39 is 0 Å². The smallest absolute Gasteiger partial charge is 0.152 e. The number of hydrogen-bond acceptors (Lipinski definition) is 2. The Labute approximate surface area is 172 Å². The molecule has 3 heteroatoms. The molecule has 3 nitrogen and oxygen atoms in total. The van der Waals surface area contributed by atoms with Crippen molar-refractivity contribution in [3.8, 4) is 0 Å². The van der Waals surface area contributed by atoms with Crippen molar-refractivity contribution in [2.24, 2.45) is 30.7 Å². The first-order valence-corrected chi connectivity index (χ1v) is 11.5. The second kappa shape index (κ2) is 5.30. The van der Waals surface area contributed by atoms with E-state index in [1.807, 2.05) is 0 Å². The third-order valence-electron chi connectivity index (χ3n) is 9.06. The molecular weight excluding hydrogens is 356 g/mol. The average Bonchev–Trinajstić information content (AvgIpc) is 3.31. The van der Waals surface area contributed by atoms with Gasteiger partial charge in [-0.15, -0.1) is 0 Å². The molecule has 0 N–H and O–H groups in total. The van der Waals surface area contributed by atoms with E-state index >= 15 is 0 Å². The second-order valence-electron chi connectivity index (χ2n) is 10.4. The van der Waals surface area contributed by atoms with Gasteiger partial charge in [0.1, 0.15) is 5.76 Å². The van der Waals surface area contributed by atoms with E-state index in [4.69, 9.17) is 4.42 Å². The van der Waals surface area contributed by atoms with Gasteiger partial charge in [-0.1, -0.05) is 18.2 Å². The number of rotatable bonds is 1. The molecule has 0 radical (unpaired) electrons. The van der Waals surface area contributed by atoms with Crippen molar-refractivity contribution in [2.45, 2.75) is 57.5 Å². The lowest BCUT2D eigenvalue weighted by Crippen LogP contribution is -2.62. The number of furan rings is 1. The third kappa shape index (κ3) is 1.82. The van der Waals surface area contributed by atoms with Gasteiger partial charge < -0.3 is 13.9 Å². The Hall–Kier alpha value is -2.16. The van der Waals surface area contributed by atoms with E-state index in [2.05, 4.69) is 66.9 Å². The monoisotopic (exact) mass is 386 g/mol. The predicted octanol–water partition coefficient (Wildman–Crippen LogP) is 6.31. The molecule has 0 amide bonds. The molecule has 5 aliphatic rings. The van der Waals surface area contributed by atoms with E-state index in [1.54, 1.807) is 5.56 Å². The molecule has 1 atom stereocenters. The van der Waals surface area contributed by atoms with Gasteiger partial charge in [0.05, 0.1) is 17.1 Å². The molecule has 1 aliphatic heterocycles.